The number of aromatic nitrogens is 2. The molecule has 1 aliphatic carbocycles. The maximum absolute atomic E-state index is 11.9. The van der Waals surface area contributed by atoms with E-state index < -0.39 is 0 Å². The first-order valence-corrected chi connectivity index (χ1v) is 6.24. The van der Waals surface area contributed by atoms with Crippen molar-refractivity contribution in [2.45, 2.75) is 51.5 Å². The minimum atomic E-state index is -0.0360. The van der Waals surface area contributed by atoms with E-state index in [-0.39, 0.29) is 12.0 Å². The van der Waals surface area contributed by atoms with Crippen LogP contribution in [0.4, 0.5) is 0 Å². The second-order valence-corrected chi connectivity index (χ2v) is 5.09. The minimum absolute atomic E-state index is 0.0360. The maximum atomic E-state index is 11.9. The lowest BCUT2D eigenvalue weighted by molar-refractivity contribution is -0.122. The average molecular weight is 241 g/mol. The summed E-state index contributed by atoms with van der Waals surface area (Å²) in [5.41, 5.74) is 0.918. The van der Waals surface area contributed by atoms with Gasteiger partial charge in [-0.25, -0.2) is 0 Å². The van der Waals surface area contributed by atoms with Crippen molar-refractivity contribution < 1.29 is 4.79 Å². The summed E-state index contributed by atoms with van der Waals surface area (Å²) in [5, 5.41) is 4.89. The van der Waals surface area contributed by atoms with Gasteiger partial charge in [-0.3, -0.25) is 9.48 Å². The summed E-state index contributed by atoms with van der Waals surface area (Å²) in [6.45, 7) is 4.11. The third-order valence-electron chi connectivity index (χ3n) is 3.16. The van der Waals surface area contributed by atoms with Gasteiger partial charge in [0.05, 0.1) is 22.8 Å². The van der Waals surface area contributed by atoms with Crippen molar-refractivity contribution in [1.82, 2.24) is 9.78 Å². The normalized spacial score (nSPS) is 21.8. The summed E-state index contributed by atoms with van der Waals surface area (Å²) in [4.78, 5) is 11.9. The van der Waals surface area contributed by atoms with Crippen LogP contribution in [-0.4, -0.2) is 15.6 Å². The highest BCUT2D eigenvalue weighted by Crippen LogP contribution is 2.35. The molecule has 0 N–H and O–H groups in total. The Labute approximate surface area is 101 Å². The minimum Gasteiger partial charge on any atom is -0.299 e. The third kappa shape index (κ3) is 2.01. The molecule has 1 atom stereocenters. The van der Waals surface area contributed by atoms with Gasteiger partial charge >= 0.3 is 0 Å². The zero-order valence-electron chi connectivity index (χ0n) is 9.74. The van der Waals surface area contributed by atoms with E-state index in [2.05, 4.69) is 18.9 Å². The molecule has 0 amide bonds. The summed E-state index contributed by atoms with van der Waals surface area (Å²) in [5.74, 6) is 0.279. The van der Waals surface area contributed by atoms with Crippen LogP contribution in [0.15, 0.2) is 6.20 Å². The van der Waals surface area contributed by atoms with Crippen LogP contribution < -0.4 is 0 Å². The smallest absolute Gasteiger partial charge is 0.141 e. The number of hydrogen-bond acceptors (Lipinski definition) is 2. The second-order valence-electron chi connectivity index (χ2n) is 4.68. The van der Waals surface area contributed by atoms with Crippen LogP contribution in [0.1, 0.15) is 57.2 Å². The van der Waals surface area contributed by atoms with Gasteiger partial charge < -0.3 is 0 Å². The Hall–Kier alpha value is -0.830. The van der Waals surface area contributed by atoms with Crippen LogP contribution >= 0.6 is 11.6 Å². The summed E-state index contributed by atoms with van der Waals surface area (Å²) >= 11 is 6.15. The Morgan fingerprint density at radius 2 is 2.25 bits per heavy atom. The van der Waals surface area contributed by atoms with Crippen LogP contribution in [0, 0.1) is 0 Å². The SMILES string of the molecule is CC(C)n1ncc(Cl)c1C1CCCCC1=O. The molecule has 1 aromatic rings. The number of rotatable bonds is 2. The molecule has 4 heteroatoms. The van der Waals surface area contributed by atoms with Crippen molar-refractivity contribution in [2.75, 3.05) is 0 Å². The van der Waals surface area contributed by atoms with Crippen molar-refractivity contribution in [3.8, 4) is 0 Å². The molecule has 2 rings (SSSR count). The lowest BCUT2D eigenvalue weighted by Gasteiger charge is -2.23. The molecule has 16 heavy (non-hydrogen) atoms. The largest absolute Gasteiger partial charge is 0.299 e. The number of hydrogen-bond donors (Lipinski definition) is 0. The summed E-state index contributed by atoms with van der Waals surface area (Å²) in [6, 6.07) is 0.247. The first-order valence-electron chi connectivity index (χ1n) is 5.87. The van der Waals surface area contributed by atoms with Gasteiger partial charge in [-0.2, -0.15) is 5.10 Å². The predicted octanol–water partition coefficient (Wildman–Crippen LogP) is 3.34. The molecule has 0 saturated heterocycles. The van der Waals surface area contributed by atoms with E-state index in [9.17, 15) is 4.79 Å². The van der Waals surface area contributed by atoms with Crippen LogP contribution in [-0.2, 0) is 4.79 Å². The van der Waals surface area contributed by atoms with E-state index in [1.807, 2.05) is 4.68 Å². The van der Waals surface area contributed by atoms with Gasteiger partial charge in [-0.05, 0) is 26.7 Å². The molecule has 1 unspecified atom stereocenters. The number of nitrogens with zero attached hydrogens (tertiary/aromatic N) is 2. The van der Waals surface area contributed by atoms with Crippen molar-refractivity contribution in [2.24, 2.45) is 0 Å². The van der Waals surface area contributed by atoms with Crippen LogP contribution in [0.5, 0.6) is 0 Å². The standard InChI is InChI=1S/C12H17ClN2O/c1-8(2)15-12(10(13)7-14-15)9-5-3-4-6-11(9)16/h7-9H,3-6H2,1-2H3. The molecule has 0 bridgehead atoms. The lowest BCUT2D eigenvalue weighted by Crippen LogP contribution is -2.21. The Morgan fingerprint density at radius 3 is 2.88 bits per heavy atom. The van der Waals surface area contributed by atoms with E-state index in [0.717, 1.165) is 25.0 Å². The molecule has 88 valence electrons. The molecule has 0 aliphatic heterocycles. The van der Waals surface area contributed by atoms with Gasteiger partial charge in [0, 0.05) is 12.5 Å². The van der Waals surface area contributed by atoms with Gasteiger partial charge in [-0.15, -0.1) is 0 Å². The first kappa shape index (κ1) is 11.6. The van der Waals surface area contributed by atoms with E-state index >= 15 is 0 Å². The van der Waals surface area contributed by atoms with E-state index in [0.29, 0.717) is 17.2 Å². The van der Waals surface area contributed by atoms with Gasteiger partial charge in [0.15, 0.2) is 0 Å². The van der Waals surface area contributed by atoms with Crippen LogP contribution in [0.2, 0.25) is 5.02 Å². The predicted molar refractivity (Wildman–Crippen MR) is 63.8 cm³/mol. The molecule has 1 saturated carbocycles. The molecular weight excluding hydrogens is 224 g/mol. The molecule has 0 radical (unpaired) electrons. The van der Waals surface area contributed by atoms with Gasteiger partial charge in [-0.1, -0.05) is 18.0 Å². The van der Waals surface area contributed by atoms with Crippen molar-refractivity contribution in [3.05, 3.63) is 16.9 Å². The molecular formula is C12H17ClN2O. The van der Waals surface area contributed by atoms with E-state index in [1.165, 1.54) is 0 Å². The molecule has 1 heterocycles. The highest BCUT2D eigenvalue weighted by molar-refractivity contribution is 6.31. The fraction of sp³-hybridized carbons (Fsp3) is 0.667. The van der Waals surface area contributed by atoms with E-state index in [4.69, 9.17) is 11.6 Å². The highest BCUT2D eigenvalue weighted by atomic mass is 35.5. The fourth-order valence-electron chi connectivity index (χ4n) is 2.36. The molecule has 1 aliphatic rings. The lowest BCUT2D eigenvalue weighted by atomic mass is 9.85. The Kier molecular flexibility index (Phi) is 3.33. The van der Waals surface area contributed by atoms with Crippen molar-refractivity contribution in [1.29, 1.82) is 0 Å². The number of carbonyl (C=O) groups excluding carboxylic acids is 1. The van der Waals surface area contributed by atoms with Crippen molar-refractivity contribution >= 4 is 17.4 Å². The monoisotopic (exact) mass is 240 g/mol. The third-order valence-corrected chi connectivity index (χ3v) is 3.45. The second kappa shape index (κ2) is 4.58. The Bertz CT molecular complexity index is 398. The summed E-state index contributed by atoms with van der Waals surface area (Å²) < 4.78 is 1.89. The zero-order chi connectivity index (χ0) is 11.7. The summed E-state index contributed by atoms with van der Waals surface area (Å²) in [6.07, 6.45) is 5.37. The summed E-state index contributed by atoms with van der Waals surface area (Å²) in [7, 11) is 0. The number of ketones is 1. The van der Waals surface area contributed by atoms with Crippen LogP contribution in [0.25, 0.3) is 0 Å². The zero-order valence-corrected chi connectivity index (χ0v) is 10.5. The quantitative estimate of drug-likeness (QED) is 0.795. The molecule has 0 spiro atoms. The van der Waals surface area contributed by atoms with Gasteiger partial charge in [0.25, 0.3) is 0 Å². The van der Waals surface area contributed by atoms with Gasteiger partial charge in [0.2, 0.25) is 0 Å². The average Bonchev–Trinajstić information content (AvgIpc) is 2.61. The van der Waals surface area contributed by atoms with Crippen LogP contribution in [0.3, 0.4) is 0 Å². The maximum Gasteiger partial charge on any atom is 0.141 e. The molecule has 0 aromatic carbocycles. The number of halogens is 1. The van der Waals surface area contributed by atoms with Gasteiger partial charge in [0.1, 0.15) is 5.78 Å². The highest BCUT2D eigenvalue weighted by Gasteiger charge is 2.29. The number of Topliss-reactive ketones (excluding diaryl/α,β-unsaturated/α-hetero) is 1. The topological polar surface area (TPSA) is 34.9 Å². The Morgan fingerprint density at radius 1 is 1.50 bits per heavy atom. The molecule has 3 nitrogen and oxygen atoms in total. The molecule has 1 fully saturated rings. The Balaban J connectivity index is 2.37. The van der Waals surface area contributed by atoms with Crippen molar-refractivity contribution in [3.63, 3.8) is 0 Å². The number of carbonyl (C=O) groups is 1. The fourth-order valence-corrected chi connectivity index (χ4v) is 2.62. The van der Waals surface area contributed by atoms with E-state index in [1.54, 1.807) is 6.20 Å². The first-order chi connectivity index (χ1) is 7.61. The molecule has 1 aromatic heterocycles.